The third kappa shape index (κ3) is 5.01. The molecule has 2 heteroatoms. The van der Waals surface area contributed by atoms with Crippen LogP contribution in [-0.4, -0.2) is 10.2 Å². The van der Waals surface area contributed by atoms with Crippen molar-refractivity contribution in [2.75, 3.05) is 0 Å². The fourth-order valence-electron chi connectivity index (χ4n) is 3.72. The largest absolute Gasteiger partial charge is 0.507 e. The molecule has 25 heavy (non-hydrogen) atoms. The van der Waals surface area contributed by atoms with Gasteiger partial charge in [0.15, 0.2) is 0 Å². The molecule has 0 aromatic heterocycles. The Morgan fingerprint density at radius 3 is 2.52 bits per heavy atom. The van der Waals surface area contributed by atoms with Crippen LogP contribution in [0.3, 0.4) is 0 Å². The lowest BCUT2D eigenvalue weighted by molar-refractivity contribution is 0.407. The summed E-state index contributed by atoms with van der Waals surface area (Å²) in [5.74, 6) is 0.607. The van der Waals surface area contributed by atoms with E-state index in [2.05, 4.69) is 32.6 Å². The fourth-order valence-corrected chi connectivity index (χ4v) is 3.72. The average Bonchev–Trinajstić information content (AvgIpc) is 2.54. The zero-order valence-electron chi connectivity index (χ0n) is 15.9. The quantitative estimate of drug-likeness (QED) is 0.428. The SMILES string of the molecule is C=C(C)[C@@H]1CCC(C)=C[C@H]1c1c(O)cc(C=CCCCCC)cc1O. The van der Waals surface area contributed by atoms with E-state index in [1.807, 2.05) is 13.0 Å². The summed E-state index contributed by atoms with van der Waals surface area (Å²) in [5, 5.41) is 21.2. The zero-order chi connectivity index (χ0) is 18.4. The minimum absolute atomic E-state index is 0.00571. The van der Waals surface area contributed by atoms with Crippen LogP contribution in [0.25, 0.3) is 6.08 Å². The predicted octanol–water partition coefficient (Wildman–Crippen LogP) is 6.71. The van der Waals surface area contributed by atoms with E-state index in [9.17, 15) is 10.2 Å². The van der Waals surface area contributed by atoms with Gasteiger partial charge in [-0.3, -0.25) is 0 Å². The van der Waals surface area contributed by atoms with Crippen LogP contribution in [0.5, 0.6) is 11.5 Å². The summed E-state index contributed by atoms with van der Waals surface area (Å²) >= 11 is 0. The molecule has 0 saturated heterocycles. The maximum Gasteiger partial charge on any atom is 0.123 e. The number of rotatable bonds is 7. The van der Waals surface area contributed by atoms with Crippen molar-refractivity contribution >= 4 is 6.08 Å². The first kappa shape index (κ1) is 19.4. The summed E-state index contributed by atoms with van der Waals surface area (Å²) in [6.07, 6.45) is 13.0. The summed E-state index contributed by atoms with van der Waals surface area (Å²) in [5.41, 5.74) is 3.89. The molecule has 0 unspecified atom stereocenters. The molecular weight excluding hydrogens is 308 g/mol. The number of phenolic OH excluding ortho intramolecular Hbond substituents is 2. The molecule has 1 aliphatic carbocycles. The predicted molar refractivity (Wildman–Crippen MR) is 107 cm³/mol. The van der Waals surface area contributed by atoms with E-state index < -0.39 is 0 Å². The first-order valence-corrected chi connectivity index (χ1v) is 9.49. The Labute approximate surface area is 152 Å². The number of allylic oxidation sites excluding steroid dienone is 4. The molecular formula is C23H32O2. The second-order valence-electron chi connectivity index (χ2n) is 7.40. The van der Waals surface area contributed by atoms with Crippen LogP contribution in [0.2, 0.25) is 0 Å². The van der Waals surface area contributed by atoms with Crippen molar-refractivity contribution in [3.8, 4) is 11.5 Å². The molecule has 0 saturated carbocycles. The Hall–Kier alpha value is -1.96. The highest BCUT2D eigenvalue weighted by molar-refractivity contribution is 5.60. The zero-order valence-corrected chi connectivity index (χ0v) is 15.9. The van der Waals surface area contributed by atoms with Crippen LogP contribution in [-0.2, 0) is 0 Å². The van der Waals surface area contributed by atoms with Crippen molar-refractivity contribution in [3.63, 3.8) is 0 Å². The second-order valence-corrected chi connectivity index (χ2v) is 7.40. The van der Waals surface area contributed by atoms with E-state index in [-0.39, 0.29) is 23.3 Å². The lowest BCUT2D eigenvalue weighted by Crippen LogP contribution is -2.17. The van der Waals surface area contributed by atoms with Gasteiger partial charge in [0.1, 0.15) is 11.5 Å². The molecule has 0 fully saturated rings. The molecule has 0 bridgehead atoms. The lowest BCUT2D eigenvalue weighted by atomic mass is 9.73. The Morgan fingerprint density at radius 2 is 1.92 bits per heavy atom. The summed E-state index contributed by atoms with van der Waals surface area (Å²) in [6, 6.07) is 3.53. The summed E-state index contributed by atoms with van der Waals surface area (Å²) in [4.78, 5) is 0. The minimum Gasteiger partial charge on any atom is -0.507 e. The van der Waals surface area contributed by atoms with Crippen LogP contribution in [0.1, 0.15) is 76.3 Å². The van der Waals surface area contributed by atoms with Gasteiger partial charge in [-0.1, -0.05) is 55.7 Å². The summed E-state index contributed by atoms with van der Waals surface area (Å²) in [7, 11) is 0. The second kappa shape index (κ2) is 8.94. The van der Waals surface area contributed by atoms with Gasteiger partial charge in [-0.05, 0) is 63.1 Å². The number of aromatic hydroxyl groups is 2. The van der Waals surface area contributed by atoms with Crippen molar-refractivity contribution in [2.45, 2.75) is 65.2 Å². The van der Waals surface area contributed by atoms with Crippen molar-refractivity contribution < 1.29 is 10.2 Å². The number of hydrogen-bond donors (Lipinski definition) is 2. The molecule has 0 radical (unpaired) electrons. The van der Waals surface area contributed by atoms with E-state index in [1.54, 1.807) is 12.1 Å². The number of benzene rings is 1. The molecule has 1 aliphatic rings. The number of phenols is 2. The maximum atomic E-state index is 10.6. The van der Waals surface area contributed by atoms with Gasteiger partial charge in [0.25, 0.3) is 0 Å². The Bertz CT molecular complexity index is 644. The molecule has 1 aromatic carbocycles. The molecule has 1 aromatic rings. The molecule has 2 rings (SSSR count). The molecule has 2 nitrogen and oxygen atoms in total. The van der Waals surface area contributed by atoms with Crippen LogP contribution < -0.4 is 0 Å². The van der Waals surface area contributed by atoms with Gasteiger partial charge in [0.05, 0.1) is 0 Å². The van der Waals surface area contributed by atoms with Crippen molar-refractivity contribution in [1.29, 1.82) is 0 Å². The summed E-state index contributed by atoms with van der Waals surface area (Å²) in [6.45, 7) is 10.5. The molecule has 0 amide bonds. The molecule has 0 heterocycles. The van der Waals surface area contributed by atoms with Gasteiger partial charge in [0, 0.05) is 11.5 Å². The summed E-state index contributed by atoms with van der Waals surface area (Å²) < 4.78 is 0. The molecule has 0 aliphatic heterocycles. The third-order valence-corrected chi connectivity index (χ3v) is 5.16. The first-order valence-electron chi connectivity index (χ1n) is 9.49. The van der Waals surface area contributed by atoms with Crippen LogP contribution >= 0.6 is 0 Å². The van der Waals surface area contributed by atoms with Crippen LogP contribution in [0.15, 0.2) is 42.0 Å². The Morgan fingerprint density at radius 1 is 1.24 bits per heavy atom. The van der Waals surface area contributed by atoms with Gasteiger partial charge >= 0.3 is 0 Å². The van der Waals surface area contributed by atoms with Gasteiger partial charge in [-0.2, -0.15) is 0 Å². The number of unbranched alkanes of at least 4 members (excludes halogenated alkanes) is 3. The Balaban J connectivity index is 2.27. The van der Waals surface area contributed by atoms with Crippen molar-refractivity contribution in [2.24, 2.45) is 5.92 Å². The highest BCUT2D eigenvalue weighted by atomic mass is 16.3. The van der Waals surface area contributed by atoms with Crippen LogP contribution in [0, 0.1) is 5.92 Å². The highest BCUT2D eigenvalue weighted by Gasteiger charge is 2.29. The van der Waals surface area contributed by atoms with Gasteiger partial charge in [0.2, 0.25) is 0 Å². The standard InChI is InChI=1S/C23H32O2/c1-5-6-7-8-9-10-18-14-21(24)23(22(25)15-18)20-13-17(4)11-12-19(20)16(2)3/h9-10,13-15,19-20,24-25H,2,5-8,11-12H2,1,3-4H3/t19-,20+/m0/s1. The van der Waals surface area contributed by atoms with E-state index >= 15 is 0 Å². The smallest absolute Gasteiger partial charge is 0.123 e. The molecule has 2 atom stereocenters. The van der Waals surface area contributed by atoms with E-state index in [4.69, 9.17) is 0 Å². The van der Waals surface area contributed by atoms with Crippen molar-refractivity contribution in [1.82, 2.24) is 0 Å². The highest BCUT2D eigenvalue weighted by Crippen LogP contribution is 2.46. The third-order valence-electron chi connectivity index (χ3n) is 5.16. The average molecular weight is 341 g/mol. The van der Waals surface area contributed by atoms with Gasteiger partial charge in [-0.25, -0.2) is 0 Å². The van der Waals surface area contributed by atoms with Gasteiger partial charge in [-0.15, -0.1) is 0 Å². The first-order chi connectivity index (χ1) is 11.9. The van der Waals surface area contributed by atoms with E-state index in [1.165, 1.54) is 24.8 Å². The van der Waals surface area contributed by atoms with Crippen LogP contribution in [0.4, 0.5) is 0 Å². The van der Waals surface area contributed by atoms with Gasteiger partial charge < -0.3 is 10.2 Å². The normalized spacial score (nSPS) is 20.7. The topological polar surface area (TPSA) is 40.5 Å². The monoisotopic (exact) mass is 340 g/mol. The minimum atomic E-state index is -0.00571. The fraction of sp³-hybridized carbons (Fsp3) is 0.478. The van der Waals surface area contributed by atoms with E-state index in [0.29, 0.717) is 5.56 Å². The van der Waals surface area contributed by atoms with Crippen molar-refractivity contribution in [3.05, 3.63) is 53.1 Å². The molecule has 0 spiro atoms. The Kier molecular flexibility index (Phi) is 6.92. The lowest BCUT2D eigenvalue weighted by Gasteiger charge is -2.31. The molecule has 136 valence electrons. The molecule has 2 N–H and O–H groups in total. The number of hydrogen-bond acceptors (Lipinski definition) is 2. The van der Waals surface area contributed by atoms with E-state index in [0.717, 1.165) is 30.4 Å². The maximum absolute atomic E-state index is 10.6.